The Morgan fingerprint density at radius 2 is 2.26 bits per heavy atom. The van der Waals surface area contributed by atoms with Gasteiger partial charge in [-0.2, -0.15) is 0 Å². The molecule has 1 amide bonds. The first-order valence-electron chi connectivity index (χ1n) is 7.86. The van der Waals surface area contributed by atoms with Crippen LogP contribution in [0.5, 0.6) is 0 Å². The molecule has 2 fully saturated rings. The van der Waals surface area contributed by atoms with Gasteiger partial charge in [0.25, 0.3) is 5.91 Å². The molecule has 2 aliphatic heterocycles. The lowest BCUT2D eigenvalue weighted by Gasteiger charge is -2.41. The Morgan fingerprint density at radius 3 is 2.96 bits per heavy atom. The summed E-state index contributed by atoms with van der Waals surface area (Å²) in [4.78, 5) is 14.6. The summed E-state index contributed by atoms with van der Waals surface area (Å²) in [6, 6.07) is 1.80. The molecule has 0 N–H and O–H groups in total. The zero-order valence-corrected chi connectivity index (χ0v) is 13.2. The minimum absolute atomic E-state index is 0.0177. The second kappa shape index (κ2) is 5.19. The highest BCUT2D eigenvalue weighted by molar-refractivity contribution is 5.93. The maximum absolute atomic E-state index is 12.8. The Kier molecular flexibility index (Phi) is 3.26. The van der Waals surface area contributed by atoms with Crippen LogP contribution in [0, 0.1) is 13.8 Å². The van der Waals surface area contributed by atoms with Crippen molar-refractivity contribution in [2.75, 3.05) is 19.7 Å². The van der Waals surface area contributed by atoms with E-state index in [1.807, 2.05) is 11.8 Å². The van der Waals surface area contributed by atoms with Crippen LogP contribution in [0.1, 0.15) is 40.7 Å². The smallest absolute Gasteiger partial charge is 0.289 e. The van der Waals surface area contributed by atoms with E-state index >= 15 is 0 Å². The molecule has 2 aromatic heterocycles. The molecule has 0 radical (unpaired) electrons. The third-order valence-electron chi connectivity index (χ3n) is 4.91. The molecule has 0 bridgehead atoms. The molecule has 0 unspecified atom stereocenters. The summed E-state index contributed by atoms with van der Waals surface area (Å²) < 4.78 is 16.9. The Labute approximate surface area is 133 Å². The van der Waals surface area contributed by atoms with Crippen molar-refractivity contribution < 1.29 is 18.4 Å². The lowest BCUT2D eigenvalue weighted by molar-refractivity contribution is 0.00848. The van der Waals surface area contributed by atoms with Gasteiger partial charge in [0.2, 0.25) is 11.8 Å². The molecule has 2 aromatic rings. The van der Waals surface area contributed by atoms with Crippen LogP contribution in [0.2, 0.25) is 0 Å². The molecule has 7 heteroatoms. The third-order valence-corrected chi connectivity index (χ3v) is 4.91. The Balaban J connectivity index is 1.66. The number of ether oxygens (including phenoxy) is 1. The number of furan rings is 1. The Morgan fingerprint density at radius 1 is 1.39 bits per heavy atom. The van der Waals surface area contributed by atoms with E-state index in [1.165, 1.54) is 0 Å². The molecule has 0 spiro atoms. The van der Waals surface area contributed by atoms with E-state index in [4.69, 9.17) is 13.6 Å². The van der Waals surface area contributed by atoms with Crippen molar-refractivity contribution in [3.63, 3.8) is 0 Å². The molecule has 2 aliphatic rings. The summed E-state index contributed by atoms with van der Waals surface area (Å²) in [7, 11) is 0. The molecular weight excluding hydrogens is 298 g/mol. The van der Waals surface area contributed by atoms with Crippen LogP contribution in [0.4, 0.5) is 0 Å². The highest BCUT2D eigenvalue weighted by Crippen LogP contribution is 2.43. The van der Waals surface area contributed by atoms with Gasteiger partial charge in [-0.1, -0.05) is 0 Å². The standard InChI is InChI=1S/C16H19N3O4/c1-10-4-7-22-13(10)14(20)19-6-3-12-16(9-19,5-8-21-12)15-18-17-11(2)23-15/h4,7,12H,3,5-6,8-9H2,1-2H3/t12-,16-/m1/s1. The number of piperidine rings is 1. The summed E-state index contributed by atoms with van der Waals surface area (Å²) in [5.74, 6) is 1.42. The zero-order valence-electron chi connectivity index (χ0n) is 13.2. The van der Waals surface area contributed by atoms with Crippen LogP contribution >= 0.6 is 0 Å². The van der Waals surface area contributed by atoms with Crippen molar-refractivity contribution in [3.8, 4) is 0 Å². The van der Waals surface area contributed by atoms with Gasteiger partial charge in [0.15, 0.2) is 5.76 Å². The van der Waals surface area contributed by atoms with E-state index in [9.17, 15) is 4.79 Å². The summed E-state index contributed by atoms with van der Waals surface area (Å²) in [6.07, 6.45) is 3.10. The molecule has 0 aromatic carbocycles. The predicted molar refractivity (Wildman–Crippen MR) is 79.0 cm³/mol. The fourth-order valence-electron chi connectivity index (χ4n) is 3.66. The number of aromatic nitrogens is 2. The molecule has 0 aliphatic carbocycles. The van der Waals surface area contributed by atoms with Crippen LogP contribution in [0.25, 0.3) is 0 Å². The van der Waals surface area contributed by atoms with Crippen molar-refractivity contribution in [3.05, 3.63) is 35.4 Å². The molecule has 7 nitrogen and oxygen atoms in total. The number of likely N-dealkylation sites (tertiary alicyclic amines) is 1. The first kappa shape index (κ1) is 14.4. The molecule has 4 heterocycles. The summed E-state index contributed by atoms with van der Waals surface area (Å²) in [6.45, 7) is 5.44. The Bertz CT molecular complexity index is 737. The minimum Gasteiger partial charge on any atom is -0.459 e. The SMILES string of the molecule is Cc1nnc([C@@]23CCO[C@@H]2CCN(C(=O)c2occc2C)C3)o1. The fourth-order valence-corrected chi connectivity index (χ4v) is 3.66. The number of rotatable bonds is 2. The van der Waals surface area contributed by atoms with E-state index in [0.717, 1.165) is 18.4 Å². The topological polar surface area (TPSA) is 81.6 Å². The van der Waals surface area contributed by atoms with Crippen molar-refractivity contribution >= 4 is 5.91 Å². The largest absolute Gasteiger partial charge is 0.459 e. The maximum atomic E-state index is 12.8. The van der Waals surface area contributed by atoms with Gasteiger partial charge in [-0.05, 0) is 25.8 Å². The summed E-state index contributed by atoms with van der Waals surface area (Å²) in [5, 5.41) is 8.18. The molecule has 4 rings (SSSR count). The van der Waals surface area contributed by atoms with E-state index in [1.54, 1.807) is 19.3 Å². The van der Waals surface area contributed by atoms with Crippen LogP contribution in [-0.2, 0) is 10.2 Å². The zero-order chi connectivity index (χ0) is 16.0. The number of carbonyl (C=O) groups is 1. The highest BCUT2D eigenvalue weighted by atomic mass is 16.5. The quantitative estimate of drug-likeness (QED) is 0.841. The van der Waals surface area contributed by atoms with E-state index in [-0.39, 0.29) is 12.0 Å². The number of hydrogen-bond acceptors (Lipinski definition) is 6. The van der Waals surface area contributed by atoms with Gasteiger partial charge in [0.1, 0.15) is 0 Å². The van der Waals surface area contributed by atoms with E-state index < -0.39 is 5.41 Å². The lowest BCUT2D eigenvalue weighted by Crippen LogP contribution is -2.54. The predicted octanol–water partition coefficient (Wildman–Crippen LogP) is 1.85. The third kappa shape index (κ3) is 2.18. The van der Waals surface area contributed by atoms with Crippen LogP contribution in [-0.4, -0.2) is 46.8 Å². The van der Waals surface area contributed by atoms with Gasteiger partial charge in [-0.3, -0.25) is 4.79 Å². The number of aryl methyl sites for hydroxylation is 2. The molecule has 2 saturated heterocycles. The molecule has 23 heavy (non-hydrogen) atoms. The van der Waals surface area contributed by atoms with Gasteiger partial charge in [0.05, 0.1) is 17.8 Å². The molecular formula is C16H19N3O4. The monoisotopic (exact) mass is 317 g/mol. The van der Waals surface area contributed by atoms with E-state index in [2.05, 4.69) is 10.2 Å². The van der Waals surface area contributed by atoms with Crippen molar-refractivity contribution in [1.29, 1.82) is 0 Å². The van der Waals surface area contributed by atoms with Crippen LogP contribution in [0.3, 0.4) is 0 Å². The number of carbonyl (C=O) groups excluding carboxylic acids is 1. The first-order chi connectivity index (χ1) is 11.1. The second-order valence-corrected chi connectivity index (χ2v) is 6.34. The van der Waals surface area contributed by atoms with Crippen molar-refractivity contribution in [2.45, 2.75) is 38.2 Å². The van der Waals surface area contributed by atoms with Gasteiger partial charge in [-0.15, -0.1) is 10.2 Å². The number of nitrogens with zero attached hydrogens (tertiary/aromatic N) is 3. The Hall–Kier alpha value is -2.15. The molecule has 122 valence electrons. The normalized spacial score (nSPS) is 27.2. The number of amides is 1. The van der Waals surface area contributed by atoms with Crippen molar-refractivity contribution in [2.24, 2.45) is 0 Å². The van der Waals surface area contributed by atoms with Gasteiger partial charge < -0.3 is 18.5 Å². The first-order valence-corrected chi connectivity index (χ1v) is 7.86. The van der Waals surface area contributed by atoms with Crippen LogP contribution < -0.4 is 0 Å². The fraction of sp³-hybridized carbons (Fsp3) is 0.562. The van der Waals surface area contributed by atoms with Gasteiger partial charge >= 0.3 is 0 Å². The van der Waals surface area contributed by atoms with Gasteiger partial charge in [0, 0.05) is 32.2 Å². The van der Waals surface area contributed by atoms with Gasteiger partial charge in [-0.25, -0.2) is 0 Å². The second-order valence-electron chi connectivity index (χ2n) is 6.34. The minimum atomic E-state index is -0.407. The summed E-state index contributed by atoms with van der Waals surface area (Å²) in [5.41, 5.74) is 0.442. The van der Waals surface area contributed by atoms with Crippen LogP contribution in [0.15, 0.2) is 21.2 Å². The average Bonchev–Trinajstić information content (AvgIpc) is 3.25. The van der Waals surface area contributed by atoms with E-state index in [0.29, 0.717) is 37.2 Å². The lowest BCUT2D eigenvalue weighted by atomic mass is 9.76. The van der Waals surface area contributed by atoms with Crippen molar-refractivity contribution in [1.82, 2.24) is 15.1 Å². The maximum Gasteiger partial charge on any atom is 0.289 e. The molecule has 0 saturated carbocycles. The summed E-state index contributed by atoms with van der Waals surface area (Å²) >= 11 is 0. The molecule has 2 atom stereocenters. The average molecular weight is 317 g/mol. The highest BCUT2D eigenvalue weighted by Gasteiger charge is 2.53. The number of hydrogen-bond donors (Lipinski definition) is 0. The number of fused-ring (bicyclic) bond motifs is 1.